The van der Waals surface area contributed by atoms with Crippen LogP contribution >= 0.6 is 0 Å². The van der Waals surface area contributed by atoms with Crippen LogP contribution in [0.5, 0.6) is 0 Å². The molecule has 0 unspecified atom stereocenters. The summed E-state index contributed by atoms with van der Waals surface area (Å²) >= 11 is 0. The predicted octanol–water partition coefficient (Wildman–Crippen LogP) is 9.57. The number of nitrogens with two attached hydrogens (primary N) is 6. The Morgan fingerprint density at radius 1 is 0.424 bits per heavy atom. The van der Waals surface area contributed by atoms with Gasteiger partial charge in [0.15, 0.2) is 33.3 Å². The summed E-state index contributed by atoms with van der Waals surface area (Å²) in [7, 11) is -10.0. The summed E-state index contributed by atoms with van der Waals surface area (Å²) in [5.74, 6) is 0. The molecule has 0 fully saturated rings. The van der Waals surface area contributed by atoms with Gasteiger partial charge in [0.05, 0.1) is 0 Å². The van der Waals surface area contributed by atoms with Gasteiger partial charge in [0.1, 0.15) is 0 Å². The summed E-state index contributed by atoms with van der Waals surface area (Å²) in [6, 6.07) is 22.6. The van der Waals surface area contributed by atoms with E-state index in [2.05, 4.69) is 118 Å². The van der Waals surface area contributed by atoms with E-state index in [1.54, 1.807) is 0 Å². The Labute approximate surface area is 371 Å². The van der Waals surface area contributed by atoms with E-state index >= 15 is 0 Å². The van der Waals surface area contributed by atoms with Crippen LogP contribution in [0.25, 0.3) is 0 Å². The average molecular weight is 926 g/mol. The number of anilines is 2. The Morgan fingerprint density at radius 3 is 1.02 bits per heavy atom. The normalized spacial score (nSPS) is 12.8. The van der Waals surface area contributed by atoms with Gasteiger partial charge >= 0.3 is 0 Å². The number of nitrogen functional groups attached to an aromatic ring is 2. The predicted molar refractivity (Wildman–Crippen MR) is 280 cm³/mol. The van der Waals surface area contributed by atoms with Crippen molar-refractivity contribution < 1.29 is 12.3 Å². The summed E-state index contributed by atoms with van der Waals surface area (Å²) in [6.07, 6.45) is 7.01. The van der Waals surface area contributed by atoms with Crippen molar-refractivity contribution in [3.8, 4) is 0 Å². The highest BCUT2D eigenvalue weighted by molar-refractivity contribution is 6.97. The lowest BCUT2D eigenvalue weighted by Gasteiger charge is -2.41. The second kappa shape index (κ2) is 28.0. The van der Waals surface area contributed by atoms with Gasteiger partial charge in [0.2, 0.25) is 16.6 Å². The van der Waals surface area contributed by atoms with E-state index in [1.165, 1.54) is 71.6 Å². The first-order chi connectivity index (χ1) is 27.4. The second-order valence-electron chi connectivity index (χ2n) is 19.0. The van der Waals surface area contributed by atoms with Gasteiger partial charge in [0.25, 0.3) is 0 Å². The number of hydrogen-bond donors (Lipinski definition) is 6. The van der Waals surface area contributed by atoms with Crippen LogP contribution in [0.15, 0.2) is 36.4 Å². The molecule has 0 heterocycles. The van der Waals surface area contributed by atoms with Crippen LogP contribution < -0.4 is 44.8 Å². The first-order valence-corrected chi connectivity index (χ1v) is 40.2. The topological polar surface area (TPSA) is 184 Å². The Bertz CT molecular complexity index is 1340. The van der Waals surface area contributed by atoms with Crippen molar-refractivity contribution in [2.24, 2.45) is 22.9 Å². The Balaban J connectivity index is 0.000000876. The molecule has 2 aromatic carbocycles. The van der Waals surface area contributed by atoms with Crippen LogP contribution in [0.1, 0.15) is 77.3 Å². The third-order valence-electron chi connectivity index (χ3n) is 12.1. The van der Waals surface area contributed by atoms with E-state index in [0.29, 0.717) is 0 Å². The van der Waals surface area contributed by atoms with Crippen molar-refractivity contribution in [2.75, 3.05) is 37.6 Å². The zero-order chi connectivity index (χ0) is 45.6. The van der Waals surface area contributed by atoms with E-state index in [1.807, 2.05) is 12.1 Å². The zero-order valence-corrected chi connectivity index (χ0v) is 46.9. The van der Waals surface area contributed by atoms with Gasteiger partial charge in [-0.15, -0.1) is 0 Å². The molecule has 0 radical (unpaired) electrons. The Hall–Kier alpha value is -0.939. The van der Waals surface area contributed by atoms with Crippen molar-refractivity contribution in [3.05, 3.63) is 47.5 Å². The molecular weight excluding hydrogens is 829 g/mol. The second-order valence-corrected chi connectivity index (χ2v) is 45.3. The number of rotatable bonds is 26. The molecule has 0 aromatic heterocycles. The van der Waals surface area contributed by atoms with Crippen molar-refractivity contribution in [2.45, 2.75) is 181 Å². The lowest BCUT2D eigenvalue weighted by Crippen LogP contribution is -2.57. The quantitative estimate of drug-likeness (QED) is 0.0304. The molecular formula is C44H96N6O3Si6. The van der Waals surface area contributed by atoms with Crippen LogP contribution in [0.4, 0.5) is 11.4 Å². The van der Waals surface area contributed by atoms with Crippen molar-refractivity contribution in [3.63, 3.8) is 0 Å². The Morgan fingerprint density at radius 2 is 0.746 bits per heavy atom. The smallest absolute Gasteiger partial charge is 0.206 e. The molecule has 2 aromatic rings. The molecule has 0 spiro atoms. The zero-order valence-electron chi connectivity index (χ0n) is 40.9. The summed E-state index contributed by atoms with van der Waals surface area (Å²) in [5.41, 5.74) is 38.2. The molecule has 59 heavy (non-hydrogen) atoms. The minimum Gasteiger partial charge on any atom is -0.455 e. The maximum Gasteiger partial charge on any atom is 0.206 e. The molecule has 344 valence electrons. The average Bonchev–Trinajstić information content (AvgIpc) is 3.17. The fourth-order valence-electron chi connectivity index (χ4n) is 8.00. The molecule has 0 aliphatic carbocycles. The lowest BCUT2D eigenvalue weighted by atomic mass is 10.2. The largest absolute Gasteiger partial charge is 0.455 e. The molecule has 12 N–H and O–H groups in total. The van der Waals surface area contributed by atoms with E-state index in [9.17, 15) is 0 Å². The minimum atomic E-state index is -2.01. The third kappa shape index (κ3) is 21.8. The van der Waals surface area contributed by atoms with E-state index < -0.39 is 49.9 Å². The number of benzene rings is 2. The van der Waals surface area contributed by atoms with Gasteiger partial charge in [0, 0.05) is 11.4 Å². The van der Waals surface area contributed by atoms with E-state index in [-0.39, 0.29) is 0 Å². The highest BCUT2D eigenvalue weighted by Crippen LogP contribution is 2.34. The maximum absolute atomic E-state index is 7.11. The van der Waals surface area contributed by atoms with Crippen LogP contribution in [-0.4, -0.2) is 76.1 Å². The molecule has 0 amide bonds. The minimum absolute atomic E-state index is 0.782. The number of aryl methyl sites for hydroxylation is 2. The summed E-state index contributed by atoms with van der Waals surface area (Å²) in [5, 5.41) is 2.58. The van der Waals surface area contributed by atoms with Crippen molar-refractivity contribution in [1.29, 1.82) is 0 Å². The van der Waals surface area contributed by atoms with Crippen LogP contribution in [-0.2, 0) is 12.3 Å². The van der Waals surface area contributed by atoms with Crippen LogP contribution in [0.2, 0.25) is 101 Å². The fraction of sp³-hybridized carbons (Fsp3) is 0.727. The first-order valence-electron chi connectivity index (χ1n) is 23.1. The van der Waals surface area contributed by atoms with Gasteiger partial charge in [-0.2, -0.15) is 0 Å². The van der Waals surface area contributed by atoms with Gasteiger partial charge in [-0.25, -0.2) is 0 Å². The molecule has 0 saturated carbocycles. The molecule has 0 aliphatic heterocycles. The van der Waals surface area contributed by atoms with Gasteiger partial charge in [-0.05, 0) is 200 Å². The lowest BCUT2D eigenvalue weighted by molar-refractivity contribution is 0.495. The van der Waals surface area contributed by atoms with Crippen molar-refractivity contribution >= 4 is 71.7 Å². The molecule has 0 atom stereocenters. The molecule has 9 nitrogen and oxygen atoms in total. The van der Waals surface area contributed by atoms with Gasteiger partial charge in [-0.3, -0.25) is 0 Å². The molecule has 2 rings (SSSR count). The van der Waals surface area contributed by atoms with E-state index in [0.717, 1.165) is 74.4 Å². The monoisotopic (exact) mass is 925 g/mol. The highest BCUT2D eigenvalue weighted by Gasteiger charge is 2.41. The van der Waals surface area contributed by atoms with Gasteiger partial charge in [-0.1, -0.05) is 64.8 Å². The van der Waals surface area contributed by atoms with Gasteiger partial charge < -0.3 is 46.7 Å². The summed E-state index contributed by atoms with van der Waals surface area (Å²) in [4.78, 5) is 0. The SMILES string of the molecule is CC[Si](CC)(CCCCN)O[Si](CC)(CC)CCCCN.C[Si](C)(CCCN)O[Si](C)(C)CCCN.Cc1cc([Si](C)(C)O[Si](C)(C)c2ccc(N)c(C)c2)ccc1N. The summed E-state index contributed by atoms with van der Waals surface area (Å²) < 4.78 is 20.3. The summed E-state index contributed by atoms with van der Waals surface area (Å²) in [6.45, 7) is 35.0. The molecule has 0 aliphatic rings. The van der Waals surface area contributed by atoms with Crippen LogP contribution in [0.3, 0.4) is 0 Å². The molecule has 0 saturated heterocycles. The standard InChI is InChI=1S/C18H28N2OSi2.C16H40N2OSi2.C10H28N2OSi2/c1-13-11-15(7-9-17(13)19)22(3,4)21-23(5,6)16-8-10-18(20)14(2)12-16;1-5-20(6-2,15-11-9-13-17)19-21(7-3,8-4)16-12-10-14-18;1-14(2,9-5-7-11)13-15(3,4)10-6-8-12/h7-12H,19-20H2,1-6H3;5-18H2,1-4H3;5-12H2,1-4H3. The van der Waals surface area contributed by atoms with Crippen molar-refractivity contribution in [1.82, 2.24) is 0 Å². The third-order valence-corrected chi connectivity index (χ3v) is 38.3. The maximum atomic E-state index is 7.11. The number of hydrogen-bond acceptors (Lipinski definition) is 9. The van der Waals surface area contributed by atoms with Crippen LogP contribution in [0, 0.1) is 13.8 Å². The molecule has 15 heteroatoms. The number of unbranched alkanes of at least 4 members (excludes halogenated alkanes) is 2. The van der Waals surface area contributed by atoms with E-state index in [4.69, 9.17) is 46.7 Å². The Kier molecular flexibility index (Phi) is 27.5. The fourth-order valence-corrected chi connectivity index (χ4v) is 36.1. The first kappa shape index (κ1) is 58.1. The molecule has 0 bridgehead atoms. The highest BCUT2D eigenvalue weighted by atomic mass is 28.4.